The van der Waals surface area contributed by atoms with Crippen LogP contribution in [-0.4, -0.2) is 5.11 Å². The number of phenols is 1. The second-order valence-electron chi connectivity index (χ2n) is 3.86. The first kappa shape index (κ1) is 13.3. The molecule has 1 N–H and O–H groups in total. The zero-order valence-electron chi connectivity index (χ0n) is 9.30. The Morgan fingerprint density at radius 2 is 1.26 bits per heavy atom. The van der Waals surface area contributed by atoms with Gasteiger partial charge in [0.05, 0.1) is 0 Å². The summed E-state index contributed by atoms with van der Waals surface area (Å²) in [6.45, 7) is 0. The monoisotopic (exact) mass is 274 g/mol. The van der Waals surface area contributed by atoms with Crippen LogP contribution in [0.4, 0.5) is 22.0 Å². The highest BCUT2D eigenvalue weighted by atomic mass is 19.4. The molecule has 6 heteroatoms. The van der Waals surface area contributed by atoms with Gasteiger partial charge in [0.1, 0.15) is 22.9 Å². The number of aromatic hydroxyl groups is 1. The van der Waals surface area contributed by atoms with Gasteiger partial charge < -0.3 is 5.11 Å². The first-order chi connectivity index (χ1) is 8.79. The van der Waals surface area contributed by atoms with Crippen molar-refractivity contribution in [3.05, 3.63) is 53.6 Å². The van der Waals surface area contributed by atoms with Crippen molar-refractivity contribution in [3.63, 3.8) is 0 Å². The average Bonchev–Trinajstić information content (AvgIpc) is 2.26. The van der Waals surface area contributed by atoms with Gasteiger partial charge in [-0.1, -0.05) is 12.1 Å². The number of phenolic OH excluding ortho intramolecular Hbond substituents is 1. The smallest absolute Gasteiger partial charge is 0.422 e. The predicted molar refractivity (Wildman–Crippen MR) is 58.5 cm³/mol. The molecule has 2 aromatic rings. The average molecular weight is 274 g/mol. The summed E-state index contributed by atoms with van der Waals surface area (Å²) in [5.74, 6) is -3.40. The van der Waals surface area contributed by atoms with Crippen LogP contribution < -0.4 is 0 Å². The van der Waals surface area contributed by atoms with Crippen LogP contribution in [0.25, 0.3) is 11.1 Å². The Morgan fingerprint density at radius 3 is 1.68 bits per heavy atom. The Bertz CT molecular complexity index is 578. The molecule has 0 aliphatic heterocycles. The van der Waals surface area contributed by atoms with Crippen LogP contribution in [0.3, 0.4) is 0 Å². The third kappa shape index (κ3) is 2.67. The van der Waals surface area contributed by atoms with E-state index in [1.165, 1.54) is 24.3 Å². The van der Waals surface area contributed by atoms with E-state index in [4.69, 9.17) is 5.11 Å². The molecule has 100 valence electrons. The van der Waals surface area contributed by atoms with Crippen LogP contribution in [0.1, 0.15) is 5.56 Å². The minimum atomic E-state index is -5.08. The van der Waals surface area contributed by atoms with Gasteiger partial charge in [0, 0.05) is 0 Å². The zero-order chi connectivity index (χ0) is 14.2. The molecule has 1 nitrogen and oxygen atoms in total. The molecule has 0 atom stereocenters. The molecule has 19 heavy (non-hydrogen) atoms. The molecule has 0 unspecified atom stereocenters. The topological polar surface area (TPSA) is 20.2 Å². The molecule has 0 heterocycles. The van der Waals surface area contributed by atoms with Crippen LogP contribution in [0, 0.1) is 11.6 Å². The van der Waals surface area contributed by atoms with E-state index < -0.39 is 23.4 Å². The second-order valence-corrected chi connectivity index (χ2v) is 3.86. The summed E-state index contributed by atoms with van der Waals surface area (Å²) < 4.78 is 63.9. The lowest BCUT2D eigenvalue weighted by Crippen LogP contribution is -2.11. The van der Waals surface area contributed by atoms with Gasteiger partial charge >= 0.3 is 6.18 Å². The molecule has 2 rings (SSSR count). The van der Waals surface area contributed by atoms with Gasteiger partial charge in [0.2, 0.25) is 0 Å². The zero-order valence-corrected chi connectivity index (χ0v) is 9.30. The maximum Gasteiger partial charge on any atom is 0.422 e. The first-order valence-corrected chi connectivity index (χ1v) is 5.14. The molecule has 0 aromatic heterocycles. The normalized spacial score (nSPS) is 11.6. The molecule has 0 radical (unpaired) electrons. The van der Waals surface area contributed by atoms with Gasteiger partial charge in [-0.2, -0.15) is 13.2 Å². The van der Waals surface area contributed by atoms with E-state index >= 15 is 0 Å². The number of benzene rings is 2. The van der Waals surface area contributed by atoms with E-state index in [1.54, 1.807) is 0 Å². The Kier molecular flexibility index (Phi) is 3.18. The van der Waals surface area contributed by atoms with Gasteiger partial charge in [0.15, 0.2) is 0 Å². The van der Waals surface area contributed by atoms with Crippen molar-refractivity contribution in [1.82, 2.24) is 0 Å². The number of hydrogen-bond acceptors (Lipinski definition) is 1. The van der Waals surface area contributed by atoms with E-state index in [1.807, 2.05) is 0 Å². The van der Waals surface area contributed by atoms with Crippen LogP contribution in [-0.2, 0) is 6.18 Å². The highest BCUT2D eigenvalue weighted by molar-refractivity contribution is 5.65. The summed E-state index contributed by atoms with van der Waals surface area (Å²) in [4.78, 5) is 0. The molecule has 0 aliphatic carbocycles. The molecule has 0 aliphatic rings. The van der Waals surface area contributed by atoms with Crippen molar-refractivity contribution in [1.29, 1.82) is 0 Å². The molecule has 0 bridgehead atoms. The standard InChI is InChI=1S/C13H7F5O/c14-10-5-8(7-1-3-9(19)4-2-7)6-11(15)12(10)13(16,17)18/h1-6,19H. The second kappa shape index (κ2) is 4.53. The molecular weight excluding hydrogens is 267 g/mol. The fourth-order valence-electron chi connectivity index (χ4n) is 1.66. The van der Waals surface area contributed by atoms with Crippen LogP contribution in [0.2, 0.25) is 0 Å². The van der Waals surface area contributed by atoms with Gasteiger partial charge in [-0.05, 0) is 35.4 Å². The van der Waals surface area contributed by atoms with Crippen molar-refractivity contribution in [2.75, 3.05) is 0 Å². The van der Waals surface area contributed by atoms with E-state index in [2.05, 4.69) is 0 Å². The lowest BCUT2D eigenvalue weighted by atomic mass is 10.0. The van der Waals surface area contributed by atoms with Crippen molar-refractivity contribution in [2.24, 2.45) is 0 Å². The highest BCUT2D eigenvalue weighted by Crippen LogP contribution is 2.35. The van der Waals surface area contributed by atoms with E-state index in [-0.39, 0.29) is 11.3 Å². The van der Waals surface area contributed by atoms with Crippen molar-refractivity contribution in [2.45, 2.75) is 6.18 Å². The minimum absolute atomic E-state index is 0.0389. The van der Waals surface area contributed by atoms with Gasteiger partial charge in [-0.3, -0.25) is 0 Å². The Morgan fingerprint density at radius 1 is 0.789 bits per heavy atom. The summed E-state index contributed by atoms with van der Waals surface area (Å²) >= 11 is 0. The van der Waals surface area contributed by atoms with Crippen LogP contribution in [0.5, 0.6) is 5.75 Å². The van der Waals surface area contributed by atoms with Gasteiger partial charge in [0.25, 0.3) is 0 Å². The number of rotatable bonds is 1. The summed E-state index contributed by atoms with van der Waals surface area (Å²) in [7, 11) is 0. The number of alkyl halides is 3. The third-order valence-corrected chi connectivity index (χ3v) is 2.53. The Hall–Kier alpha value is -2.11. The summed E-state index contributed by atoms with van der Waals surface area (Å²) in [6, 6.07) is 6.44. The van der Waals surface area contributed by atoms with Crippen LogP contribution >= 0.6 is 0 Å². The molecule has 2 aromatic carbocycles. The summed E-state index contributed by atoms with van der Waals surface area (Å²) in [5.41, 5.74) is -1.65. The molecular formula is C13H7F5O. The number of halogens is 5. The maximum absolute atomic E-state index is 13.4. The third-order valence-electron chi connectivity index (χ3n) is 2.53. The number of hydrogen-bond donors (Lipinski definition) is 1. The van der Waals surface area contributed by atoms with Crippen LogP contribution in [0.15, 0.2) is 36.4 Å². The molecule has 0 saturated carbocycles. The van der Waals surface area contributed by atoms with Crippen molar-refractivity contribution in [3.8, 4) is 16.9 Å². The quantitative estimate of drug-likeness (QED) is 0.766. The van der Waals surface area contributed by atoms with E-state index in [0.717, 1.165) is 0 Å². The largest absolute Gasteiger partial charge is 0.508 e. The molecule has 0 spiro atoms. The SMILES string of the molecule is Oc1ccc(-c2cc(F)c(C(F)(F)F)c(F)c2)cc1. The molecule has 0 saturated heterocycles. The first-order valence-electron chi connectivity index (χ1n) is 5.14. The lowest BCUT2D eigenvalue weighted by molar-refractivity contribution is -0.142. The van der Waals surface area contributed by atoms with E-state index in [0.29, 0.717) is 17.7 Å². The summed E-state index contributed by atoms with van der Waals surface area (Å²) in [6.07, 6.45) is -5.08. The fourth-order valence-corrected chi connectivity index (χ4v) is 1.66. The maximum atomic E-state index is 13.4. The Labute approximate surface area is 104 Å². The molecule has 0 amide bonds. The van der Waals surface area contributed by atoms with E-state index in [9.17, 15) is 22.0 Å². The highest BCUT2D eigenvalue weighted by Gasteiger charge is 2.37. The Balaban J connectivity index is 2.54. The predicted octanol–water partition coefficient (Wildman–Crippen LogP) is 4.36. The minimum Gasteiger partial charge on any atom is -0.508 e. The van der Waals surface area contributed by atoms with Crippen molar-refractivity contribution >= 4 is 0 Å². The lowest BCUT2D eigenvalue weighted by Gasteiger charge is -2.11. The van der Waals surface area contributed by atoms with Crippen molar-refractivity contribution < 1.29 is 27.1 Å². The van der Waals surface area contributed by atoms with Gasteiger partial charge in [-0.15, -0.1) is 0 Å². The van der Waals surface area contributed by atoms with Gasteiger partial charge in [-0.25, -0.2) is 8.78 Å². The molecule has 0 fully saturated rings. The fraction of sp³-hybridized carbons (Fsp3) is 0.0769. The summed E-state index contributed by atoms with van der Waals surface area (Å²) in [5, 5.41) is 9.07.